The van der Waals surface area contributed by atoms with Crippen molar-refractivity contribution < 1.29 is 23.8 Å². The van der Waals surface area contributed by atoms with Gasteiger partial charge in [-0.1, -0.05) is 44.2 Å². The number of hydrogen-bond donors (Lipinski definition) is 0. The van der Waals surface area contributed by atoms with Crippen molar-refractivity contribution in [3.05, 3.63) is 41.7 Å². The number of hydrogen-bond acceptors (Lipinski definition) is 5. The van der Waals surface area contributed by atoms with Gasteiger partial charge in [-0.05, 0) is 11.6 Å². The zero-order chi connectivity index (χ0) is 14.8. The molecule has 0 radical (unpaired) electrons. The lowest BCUT2D eigenvalue weighted by Gasteiger charge is -2.26. The molecule has 2 rings (SSSR count). The second-order valence-electron chi connectivity index (χ2n) is 4.72. The number of carbonyl (C=O) groups is 2. The molecule has 0 N–H and O–H groups in total. The van der Waals surface area contributed by atoms with Crippen LogP contribution in [0.15, 0.2) is 36.1 Å². The maximum absolute atomic E-state index is 11.9. The van der Waals surface area contributed by atoms with E-state index in [0.29, 0.717) is 0 Å². The van der Waals surface area contributed by atoms with Gasteiger partial charge >= 0.3 is 17.7 Å². The second kappa shape index (κ2) is 5.36. The molecule has 5 nitrogen and oxygen atoms in total. The number of methoxy groups -OCH3 is 1. The van der Waals surface area contributed by atoms with Crippen LogP contribution < -0.4 is 0 Å². The van der Waals surface area contributed by atoms with Gasteiger partial charge in [0, 0.05) is 5.92 Å². The van der Waals surface area contributed by atoms with Crippen LogP contribution in [0.2, 0.25) is 0 Å². The molecule has 1 atom stereocenters. The molecule has 1 aliphatic rings. The molecule has 0 amide bonds. The SMILES string of the molecule is COC(=O)C1(C(C)C)OC(=O)/C(=C/c2ccccc2)O1. The summed E-state index contributed by atoms with van der Waals surface area (Å²) < 4.78 is 15.3. The number of rotatable bonds is 3. The Balaban J connectivity index is 2.34. The minimum atomic E-state index is -1.70. The first-order chi connectivity index (χ1) is 9.49. The number of benzene rings is 1. The standard InChI is InChI=1S/C15H16O5/c1-10(2)15(14(17)18-3)19-12(13(16)20-15)9-11-7-5-4-6-8-11/h4-10H,1-3H3/b12-9-. The van der Waals surface area contributed by atoms with Crippen LogP contribution in [-0.4, -0.2) is 24.8 Å². The monoisotopic (exact) mass is 276 g/mol. The van der Waals surface area contributed by atoms with E-state index < -0.39 is 17.7 Å². The molecule has 20 heavy (non-hydrogen) atoms. The lowest BCUT2D eigenvalue weighted by atomic mass is 10.0. The van der Waals surface area contributed by atoms with Gasteiger partial charge in [0.1, 0.15) is 0 Å². The van der Waals surface area contributed by atoms with Crippen molar-refractivity contribution in [2.75, 3.05) is 7.11 Å². The Labute approximate surface area is 117 Å². The summed E-state index contributed by atoms with van der Waals surface area (Å²) in [4.78, 5) is 23.8. The smallest absolute Gasteiger partial charge is 0.392 e. The fourth-order valence-electron chi connectivity index (χ4n) is 1.90. The van der Waals surface area contributed by atoms with E-state index in [0.717, 1.165) is 5.56 Å². The Morgan fingerprint density at radius 1 is 1.25 bits per heavy atom. The molecule has 106 valence electrons. The van der Waals surface area contributed by atoms with Gasteiger partial charge in [-0.2, -0.15) is 0 Å². The van der Waals surface area contributed by atoms with Gasteiger partial charge in [-0.15, -0.1) is 0 Å². The number of cyclic esters (lactones) is 1. The Bertz CT molecular complexity index is 547. The lowest BCUT2D eigenvalue weighted by molar-refractivity contribution is -0.215. The van der Waals surface area contributed by atoms with Crippen molar-refractivity contribution in [3.8, 4) is 0 Å². The van der Waals surface area contributed by atoms with E-state index >= 15 is 0 Å². The first kappa shape index (κ1) is 14.1. The molecule has 1 aromatic carbocycles. The molecule has 1 unspecified atom stereocenters. The van der Waals surface area contributed by atoms with Crippen LogP contribution in [-0.2, 0) is 23.8 Å². The third-order valence-electron chi connectivity index (χ3n) is 3.03. The van der Waals surface area contributed by atoms with Crippen molar-refractivity contribution in [3.63, 3.8) is 0 Å². The van der Waals surface area contributed by atoms with Crippen LogP contribution in [0.25, 0.3) is 6.08 Å². The van der Waals surface area contributed by atoms with Crippen molar-refractivity contribution in [2.45, 2.75) is 19.6 Å². The van der Waals surface area contributed by atoms with Crippen molar-refractivity contribution in [2.24, 2.45) is 5.92 Å². The van der Waals surface area contributed by atoms with Crippen LogP contribution in [0.1, 0.15) is 19.4 Å². The zero-order valence-corrected chi connectivity index (χ0v) is 11.6. The van der Waals surface area contributed by atoms with E-state index in [4.69, 9.17) is 9.47 Å². The van der Waals surface area contributed by atoms with Gasteiger partial charge < -0.3 is 14.2 Å². The highest BCUT2D eigenvalue weighted by Crippen LogP contribution is 2.35. The first-order valence-corrected chi connectivity index (χ1v) is 6.27. The highest BCUT2D eigenvalue weighted by Gasteiger charge is 2.56. The summed E-state index contributed by atoms with van der Waals surface area (Å²) in [6, 6.07) is 9.17. The molecule has 0 spiro atoms. The van der Waals surface area contributed by atoms with Crippen molar-refractivity contribution in [1.29, 1.82) is 0 Å². The average Bonchev–Trinajstić information content (AvgIpc) is 2.77. The first-order valence-electron chi connectivity index (χ1n) is 6.27. The van der Waals surface area contributed by atoms with E-state index in [1.807, 2.05) is 30.3 Å². The fourth-order valence-corrected chi connectivity index (χ4v) is 1.90. The van der Waals surface area contributed by atoms with Crippen molar-refractivity contribution in [1.82, 2.24) is 0 Å². The minimum absolute atomic E-state index is 0.00435. The van der Waals surface area contributed by atoms with E-state index in [-0.39, 0.29) is 11.7 Å². The average molecular weight is 276 g/mol. The van der Waals surface area contributed by atoms with Crippen LogP contribution >= 0.6 is 0 Å². The highest BCUT2D eigenvalue weighted by molar-refractivity contribution is 5.97. The highest BCUT2D eigenvalue weighted by atomic mass is 16.8. The van der Waals surface area contributed by atoms with E-state index in [9.17, 15) is 9.59 Å². The predicted octanol–water partition coefficient (Wildman–Crippen LogP) is 2.13. The molecule has 0 aliphatic carbocycles. The summed E-state index contributed by atoms with van der Waals surface area (Å²) in [6.45, 7) is 3.44. The molecule has 1 saturated heterocycles. The number of esters is 2. The third-order valence-corrected chi connectivity index (χ3v) is 3.03. The molecular formula is C15H16O5. The van der Waals surface area contributed by atoms with Gasteiger partial charge in [-0.3, -0.25) is 0 Å². The van der Waals surface area contributed by atoms with E-state index in [1.165, 1.54) is 13.2 Å². The van der Waals surface area contributed by atoms with Crippen molar-refractivity contribution >= 4 is 18.0 Å². The summed E-state index contributed by atoms with van der Waals surface area (Å²) in [5, 5.41) is 0. The summed E-state index contributed by atoms with van der Waals surface area (Å²) in [5.41, 5.74) is 0.781. The molecular weight excluding hydrogens is 260 g/mol. The third kappa shape index (κ3) is 2.39. The summed E-state index contributed by atoms with van der Waals surface area (Å²) in [6.07, 6.45) is 1.54. The Hall–Kier alpha value is -2.30. The van der Waals surface area contributed by atoms with Crippen LogP contribution in [0.5, 0.6) is 0 Å². The van der Waals surface area contributed by atoms with Gasteiger partial charge in [0.25, 0.3) is 0 Å². The van der Waals surface area contributed by atoms with Gasteiger partial charge in [0.05, 0.1) is 7.11 Å². The Kier molecular flexibility index (Phi) is 3.79. The lowest BCUT2D eigenvalue weighted by Crippen LogP contribution is -2.46. The maximum atomic E-state index is 11.9. The van der Waals surface area contributed by atoms with Crippen LogP contribution in [0.4, 0.5) is 0 Å². The predicted molar refractivity (Wildman–Crippen MR) is 71.2 cm³/mol. The Morgan fingerprint density at radius 3 is 2.45 bits per heavy atom. The quantitative estimate of drug-likeness (QED) is 0.625. The molecule has 5 heteroatoms. The van der Waals surface area contributed by atoms with Crippen LogP contribution in [0, 0.1) is 5.92 Å². The molecule has 0 aromatic heterocycles. The number of carbonyl (C=O) groups excluding carboxylic acids is 2. The summed E-state index contributed by atoms with van der Waals surface area (Å²) in [7, 11) is 1.22. The summed E-state index contributed by atoms with van der Waals surface area (Å²) >= 11 is 0. The van der Waals surface area contributed by atoms with Gasteiger partial charge in [0.15, 0.2) is 0 Å². The maximum Gasteiger partial charge on any atom is 0.392 e. The molecule has 1 fully saturated rings. The molecule has 0 bridgehead atoms. The topological polar surface area (TPSA) is 61.8 Å². The normalized spacial score (nSPS) is 23.6. The van der Waals surface area contributed by atoms with Gasteiger partial charge in [-0.25, -0.2) is 9.59 Å². The second-order valence-corrected chi connectivity index (χ2v) is 4.72. The Morgan fingerprint density at radius 2 is 1.90 bits per heavy atom. The van der Waals surface area contributed by atoms with E-state index in [1.54, 1.807) is 13.8 Å². The molecule has 0 saturated carbocycles. The fraction of sp³-hybridized carbons (Fsp3) is 0.333. The molecule has 1 aliphatic heterocycles. The van der Waals surface area contributed by atoms with E-state index in [2.05, 4.69) is 4.74 Å². The minimum Gasteiger partial charge on any atom is -0.463 e. The molecule has 1 aromatic rings. The molecule has 1 heterocycles. The summed E-state index contributed by atoms with van der Waals surface area (Å²) in [5.74, 6) is -3.48. The zero-order valence-electron chi connectivity index (χ0n) is 11.6. The number of ether oxygens (including phenoxy) is 3. The largest absolute Gasteiger partial charge is 0.463 e. The van der Waals surface area contributed by atoms with Crippen LogP contribution in [0.3, 0.4) is 0 Å². The van der Waals surface area contributed by atoms with Gasteiger partial charge in [0.2, 0.25) is 5.76 Å².